The maximum Gasteiger partial charge on any atom is 0.282 e. The van der Waals surface area contributed by atoms with Crippen LogP contribution in [0.1, 0.15) is 41.7 Å². The van der Waals surface area contributed by atoms with Crippen molar-refractivity contribution < 1.29 is 18.4 Å². The highest BCUT2D eigenvalue weighted by atomic mass is 19.3. The Labute approximate surface area is 160 Å². The molecule has 0 aromatic carbocycles. The van der Waals surface area contributed by atoms with Gasteiger partial charge in [-0.15, -0.1) is 0 Å². The molecule has 0 radical (unpaired) electrons. The summed E-state index contributed by atoms with van der Waals surface area (Å²) >= 11 is 0. The van der Waals surface area contributed by atoms with Crippen LogP contribution in [-0.2, 0) is 11.8 Å². The smallest absolute Gasteiger partial charge is 0.282 e. The summed E-state index contributed by atoms with van der Waals surface area (Å²) in [5.41, 5.74) is -0.539. The van der Waals surface area contributed by atoms with Gasteiger partial charge in [-0.25, -0.2) is 8.78 Å². The number of anilines is 1. The molecule has 2 fully saturated rings. The van der Waals surface area contributed by atoms with E-state index in [0.29, 0.717) is 32.4 Å². The van der Waals surface area contributed by atoms with E-state index in [-0.39, 0.29) is 18.0 Å². The van der Waals surface area contributed by atoms with Gasteiger partial charge in [-0.2, -0.15) is 5.10 Å². The molecule has 7 nitrogen and oxygen atoms in total. The highest BCUT2D eigenvalue weighted by Gasteiger charge is 2.50. The number of rotatable bonds is 3. The number of halogens is 2. The number of likely N-dealkylation sites (tertiary alicyclic amines) is 1. The van der Waals surface area contributed by atoms with Crippen molar-refractivity contribution in [3.05, 3.63) is 42.0 Å². The summed E-state index contributed by atoms with van der Waals surface area (Å²) < 4.78 is 27.7. The van der Waals surface area contributed by atoms with E-state index in [1.54, 1.807) is 23.4 Å². The minimum atomic E-state index is -2.83. The van der Waals surface area contributed by atoms with Crippen molar-refractivity contribution in [2.45, 2.75) is 25.7 Å². The van der Waals surface area contributed by atoms with Crippen molar-refractivity contribution >= 4 is 17.5 Å². The number of alkyl halides is 2. The van der Waals surface area contributed by atoms with E-state index in [0.717, 1.165) is 5.69 Å². The molecule has 0 aliphatic carbocycles. The number of amides is 2. The molecule has 0 N–H and O–H groups in total. The number of piperidine rings is 1. The Morgan fingerprint density at radius 1 is 1.29 bits per heavy atom. The monoisotopic (exact) mass is 389 g/mol. The van der Waals surface area contributed by atoms with E-state index in [1.165, 1.54) is 22.8 Å². The Morgan fingerprint density at radius 2 is 2.11 bits per heavy atom. The van der Waals surface area contributed by atoms with Gasteiger partial charge in [0.25, 0.3) is 12.3 Å². The molecule has 0 bridgehead atoms. The number of aryl methyl sites for hydroxylation is 1. The van der Waals surface area contributed by atoms with Crippen molar-refractivity contribution in [1.29, 1.82) is 0 Å². The standard InChI is InChI=1S/C19H21F2N5O2/c1-24-11-14(15(23-24)16(20)21)17(27)25-8-3-5-19(12-25)6-9-26(18(19)28)13-4-2-7-22-10-13/h2,4,7,10-11,16H,3,5-6,8-9,12H2,1H3/t19-/m1/s1. The molecule has 2 aromatic heterocycles. The van der Waals surface area contributed by atoms with E-state index >= 15 is 0 Å². The Morgan fingerprint density at radius 3 is 2.82 bits per heavy atom. The number of carbonyl (C=O) groups excluding carboxylic acids is 2. The molecular formula is C19H21F2N5O2. The van der Waals surface area contributed by atoms with E-state index < -0.39 is 23.4 Å². The molecule has 28 heavy (non-hydrogen) atoms. The van der Waals surface area contributed by atoms with Gasteiger partial charge >= 0.3 is 0 Å². The summed E-state index contributed by atoms with van der Waals surface area (Å²) in [4.78, 5) is 33.4. The highest BCUT2D eigenvalue weighted by molar-refractivity contribution is 6.01. The van der Waals surface area contributed by atoms with Gasteiger partial charge in [0.05, 0.1) is 22.9 Å². The van der Waals surface area contributed by atoms with Crippen molar-refractivity contribution in [3.8, 4) is 0 Å². The average Bonchev–Trinajstić information content (AvgIpc) is 3.23. The maximum absolute atomic E-state index is 13.3. The van der Waals surface area contributed by atoms with Gasteiger partial charge in [0, 0.05) is 39.1 Å². The molecule has 1 spiro atoms. The predicted octanol–water partition coefficient (Wildman–Crippen LogP) is 2.41. The first-order valence-electron chi connectivity index (χ1n) is 9.24. The Bertz CT molecular complexity index is 901. The zero-order chi connectivity index (χ0) is 19.9. The molecule has 1 atom stereocenters. The van der Waals surface area contributed by atoms with Gasteiger partial charge in [0.15, 0.2) is 0 Å². The lowest BCUT2D eigenvalue weighted by atomic mass is 9.78. The van der Waals surface area contributed by atoms with Crippen LogP contribution in [0.2, 0.25) is 0 Å². The summed E-state index contributed by atoms with van der Waals surface area (Å²) in [5, 5.41) is 3.72. The summed E-state index contributed by atoms with van der Waals surface area (Å²) in [6.07, 6.45) is 3.75. The van der Waals surface area contributed by atoms with Crippen LogP contribution in [0.5, 0.6) is 0 Å². The van der Waals surface area contributed by atoms with Gasteiger partial charge in [0.2, 0.25) is 5.91 Å². The second-order valence-electron chi connectivity index (χ2n) is 7.43. The van der Waals surface area contributed by atoms with E-state index in [1.807, 2.05) is 6.07 Å². The maximum atomic E-state index is 13.3. The normalized spacial score (nSPS) is 22.5. The first-order valence-corrected chi connectivity index (χ1v) is 9.24. The first-order chi connectivity index (χ1) is 13.4. The van der Waals surface area contributed by atoms with Crippen LogP contribution in [0, 0.1) is 5.41 Å². The summed E-state index contributed by atoms with van der Waals surface area (Å²) in [5.74, 6) is -0.520. The fourth-order valence-corrected chi connectivity index (χ4v) is 4.27. The molecule has 2 aliphatic heterocycles. The van der Waals surface area contributed by atoms with Gasteiger partial charge in [-0.1, -0.05) is 0 Å². The van der Waals surface area contributed by atoms with Gasteiger partial charge in [-0.3, -0.25) is 19.3 Å². The fraction of sp³-hybridized carbons (Fsp3) is 0.474. The molecule has 0 saturated carbocycles. The predicted molar refractivity (Wildman–Crippen MR) is 96.9 cm³/mol. The number of pyridine rings is 1. The van der Waals surface area contributed by atoms with Crippen molar-refractivity contribution in [1.82, 2.24) is 19.7 Å². The molecule has 2 saturated heterocycles. The summed E-state index contributed by atoms with van der Waals surface area (Å²) in [6, 6.07) is 3.61. The topological polar surface area (TPSA) is 71.3 Å². The molecule has 4 rings (SSSR count). The zero-order valence-electron chi connectivity index (χ0n) is 15.5. The number of nitrogens with zero attached hydrogens (tertiary/aromatic N) is 5. The van der Waals surface area contributed by atoms with Crippen LogP contribution < -0.4 is 4.90 Å². The van der Waals surface area contributed by atoms with E-state index in [4.69, 9.17) is 0 Å². The fourth-order valence-electron chi connectivity index (χ4n) is 4.27. The van der Waals surface area contributed by atoms with Gasteiger partial charge in [0.1, 0.15) is 5.69 Å². The molecule has 9 heteroatoms. The Balaban J connectivity index is 1.57. The molecule has 2 amide bonds. The number of hydrogen-bond acceptors (Lipinski definition) is 4. The quantitative estimate of drug-likeness (QED) is 0.808. The first kappa shape index (κ1) is 18.5. The molecule has 0 unspecified atom stereocenters. The third-order valence-electron chi connectivity index (χ3n) is 5.63. The molecule has 2 aromatic rings. The van der Waals surface area contributed by atoms with Crippen LogP contribution in [0.4, 0.5) is 14.5 Å². The largest absolute Gasteiger partial charge is 0.337 e. The summed E-state index contributed by atoms with van der Waals surface area (Å²) in [7, 11) is 1.51. The third kappa shape index (κ3) is 3.04. The SMILES string of the molecule is Cn1cc(C(=O)N2CCC[C@@]3(CCN(c4cccnc4)C3=O)C2)c(C(F)F)n1. The van der Waals surface area contributed by atoms with Crippen LogP contribution in [0.3, 0.4) is 0 Å². The van der Waals surface area contributed by atoms with Gasteiger partial charge in [-0.05, 0) is 31.4 Å². The zero-order valence-corrected chi connectivity index (χ0v) is 15.5. The van der Waals surface area contributed by atoms with Crippen LogP contribution >= 0.6 is 0 Å². The minimum Gasteiger partial charge on any atom is -0.337 e. The second kappa shape index (κ2) is 6.96. The minimum absolute atomic E-state index is 0.0294. The van der Waals surface area contributed by atoms with E-state index in [9.17, 15) is 18.4 Å². The van der Waals surface area contributed by atoms with Crippen molar-refractivity contribution in [2.24, 2.45) is 12.5 Å². The highest BCUT2D eigenvalue weighted by Crippen LogP contribution is 2.42. The lowest BCUT2D eigenvalue weighted by Gasteiger charge is -2.39. The van der Waals surface area contributed by atoms with Crippen LogP contribution in [0.25, 0.3) is 0 Å². The van der Waals surface area contributed by atoms with Crippen LogP contribution in [-0.4, -0.2) is 51.1 Å². The number of carbonyl (C=O) groups is 2. The summed E-state index contributed by atoms with van der Waals surface area (Å²) in [6.45, 7) is 1.24. The number of aromatic nitrogens is 3. The van der Waals surface area contributed by atoms with Crippen molar-refractivity contribution in [2.75, 3.05) is 24.5 Å². The number of hydrogen-bond donors (Lipinski definition) is 0. The second-order valence-corrected chi connectivity index (χ2v) is 7.43. The third-order valence-corrected chi connectivity index (χ3v) is 5.63. The van der Waals surface area contributed by atoms with Crippen LogP contribution in [0.15, 0.2) is 30.7 Å². The molecular weight excluding hydrogens is 368 g/mol. The average molecular weight is 389 g/mol. The molecule has 4 heterocycles. The van der Waals surface area contributed by atoms with Gasteiger partial charge < -0.3 is 9.80 Å². The van der Waals surface area contributed by atoms with E-state index in [2.05, 4.69) is 10.1 Å². The Kier molecular flexibility index (Phi) is 4.60. The lowest BCUT2D eigenvalue weighted by Crippen LogP contribution is -2.50. The molecule has 2 aliphatic rings. The lowest BCUT2D eigenvalue weighted by molar-refractivity contribution is -0.127. The van der Waals surface area contributed by atoms with Crippen molar-refractivity contribution in [3.63, 3.8) is 0 Å². The Hall–Kier alpha value is -2.84. The molecule has 148 valence electrons.